The first-order valence-corrected chi connectivity index (χ1v) is 14.0. The maximum absolute atomic E-state index is 13.8. The average molecular weight is 499 g/mol. The molecule has 0 heterocycles. The summed E-state index contributed by atoms with van der Waals surface area (Å²) in [6.45, 7) is 6.14. The van der Waals surface area contributed by atoms with Crippen LogP contribution in [0.2, 0.25) is 0 Å². The second-order valence-corrected chi connectivity index (χ2v) is 12.1. The fourth-order valence-corrected chi connectivity index (χ4v) is 8.17. The van der Waals surface area contributed by atoms with E-state index >= 15 is 0 Å². The van der Waals surface area contributed by atoms with Gasteiger partial charge in [-0.05, 0) is 96.5 Å². The normalized spacial score (nSPS) is 37.1. The Morgan fingerprint density at radius 1 is 1.14 bits per heavy atom. The molecule has 1 amide bonds. The van der Waals surface area contributed by atoms with Crippen LogP contribution in [0.5, 0.6) is 0 Å². The topological polar surface area (TPSA) is 46.2 Å². The number of halogens is 1. The number of carbonyl (C=O) groups excluding carboxylic acids is 2. The summed E-state index contributed by atoms with van der Waals surface area (Å²) >= 11 is 0. The number of amides is 1. The van der Waals surface area contributed by atoms with Crippen molar-refractivity contribution in [3.8, 4) is 0 Å². The van der Waals surface area contributed by atoms with E-state index in [0.29, 0.717) is 41.3 Å². The summed E-state index contributed by atoms with van der Waals surface area (Å²) in [5.74, 6) is 4.10. The molecule has 193 valence electrons. The van der Waals surface area contributed by atoms with Gasteiger partial charge in [-0.2, -0.15) is 0 Å². The second kappa shape index (κ2) is 9.53. The Labute approximate surface area is 220 Å². The molecule has 37 heavy (non-hydrogen) atoms. The van der Waals surface area contributed by atoms with E-state index in [4.69, 9.17) is 0 Å². The monoisotopic (exact) mass is 498 g/mol. The number of Topliss-reactive ketones (excluding diaryl/α,β-unsaturated/α-hetero) is 1. The van der Waals surface area contributed by atoms with Crippen LogP contribution in [0, 0.1) is 53.2 Å². The Morgan fingerprint density at radius 2 is 1.97 bits per heavy atom. The number of ketones is 1. The molecule has 0 bridgehead atoms. The number of hydrogen-bond acceptors (Lipinski definition) is 2. The lowest BCUT2D eigenvalue weighted by molar-refractivity contribution is -0.128. The van der Waals surface area contributed by atoms with Crippen molar-refractivity contribution in [3.63, 3.8) is 0 Å². The molecule has 0 aromatic heterocycles. The highest BCUT2D eigenvalue weighted by atomic mass is 19.1. The molecule has 0 aliphatic heterocycles. The predicted molar refractivity (Wildman–Crippen MR) is 144 cm³/mol. The lowest BCUT2D eigenvalue weighted by atomic mass is 9.51. The van der Waals surface area contributed by atoms with E-state index in [0.717, 1.165) is 43.2 Å². The van der Waals surface area contributed by atoms with Crippen LogP contribution >= 0.6 is 0 Å². The maximum atomic E-state index is 13.8. The Hall–Kier alpha value is -2.75. The van der Waals surface area contributed by atoms with Gasteiger partial charge in [-0.15, -0.1) is 0 Å². The minimum atomic E-state index is -0.197. The van der Waals surface area contributed by atoms with Crippen molar-refractivity contribution >= 4 is 17.3 Å². The molecule has 0 saturated heterocycles. The molecule has 1 radical (unpaired) electrons. The van der Waals surface area contributed by atoms with E-state index in [1.807, 2.05) is 6.07 Å². The molecule has 5 aliphatic rings. The Balaban J connectivity index is 1.27. The molecule has 1 aromatic carbocycles. The first kappa shape index (κ1) is 24.6. The van der Waals surface area contributed by atoms with Gasteiger partial charge in [0.2, 0.25) is 5.91 Å². The van der Waals surface area contributed by atoms with Gasteiger partial charge in [0.15, 0.2) is 5.78 Å². The molecule has 0 spiro atoms. The summed E-state index contributed by atoms with van der Waals surface area (Å²) < 4.78 is 13.8. The second-order valence-electron chi connectivity index (χ2n) is 12.1. The van der Waals surface area contributed by atoms with Gasteiger partial charge in [0, 0.05) is 30.4 Å². The first-order chi connectivity index (χ1) is 17.8. The number of rotatable bonds is 4. The third-order valence-electron chi connectivity index (χ3n) is 9.85. The van der Waals surface area contributed by atoms with Crippen molar-refractivity contribution in [1.82, 2.24) is 5.32 Å². The van der Waals surface area contributed by atoms with Crippen molar-refractivity contribution in [2.45, 2.75) is 58.9 Å². The van der Waals surface area contributed by atoms with Crippen LogP contribution in [0.15, 0.2) is 65.8 Å². The average Bonchev–Trinajstić information content (AvgIpc) is 3.66. The molecule has 4 heteroatoms. The van der Waals surface area contributed by atoms with Gasteiger partial charge in [0.1, 0.15) is 5.82 Å². The fourth-order valence-electron chi connectivity index (χ4n) is 8.17. The van der Waals surface area contributed by atoms with Crippen LogP contribution in [0.1, 0.15) is 58.4 Å². The summed E-state index contributed by atoms with van der Waals surface area (Å²) in [4.78, 5) is 25.1. The number of benzene rings is 1. The first-order valence-electron chi connectivity index (χ1n) is 14.0. The minimum absolute atomic E-state index is 0.0438. The predicted octanol–water partition coefficient (Wildman–Crippen LogP) is 6.64. The standard InChI is InChI=1S/C33H37FNO2/c1-18-13-21(7-10-26(18)22-5-4-6-24(34)14-22)8-11-28-27-12-9-25(35-20(3)36)15-23(27)16-31-32(28)19(2)29-17-30(29)33(31)37/h4-8,10-11,14,17-19,23,25,27-28,31-32H,9,12-13,15-16H2,1-3H3,(H,35,36)/b11-8+/t18?,19-,23-,25-,27-,28+,31+,32-/m1/s1. The van der Waals surface area contributed by atoms with Gasteiger partial charge >= 0.3 is 0 Å². The molecule has 5 aliphatic carbocycles. The number of carbonyl (C=O) groups is 2. The van der Waals surface area contributed by atoms with Crippen molar-refractivity contribution in [3.05, 3.63) is 83.1 Å². The molecule has 1 unspecified atom stereocenters. The molecular weight excluding hydrogens is 461 g/mol. The molecule has 3 saturated carbocycles. The summed E-state index contributed by atoms with van der Waals surface area (Å²) in [6.07, 6.45) is 16.2. The minimum Gasteiger partial charge on any atom is -0.354 e. The van der Waals surface area contributed by atoms with E-state index in [-0.39, 0.29) is 23.7 Å². The summed E-state index contributed by atoms with van der Waals surface area (Å²) in [5, 5.41) is 3.15. The van der Waals surface area contributed by atoms with Gasteiger partial charge in [-0.25, -0.2) is 4.39 Å². The van der Waals surface area contributed by atoms with Crippen molar-refractivity contribution < 1.29 is 14.0 Å². The number of fused-ring (bicyclic) bond motifs is 3. The highest BCUT2D eigenvalue weighted by Gasteiger charge is 2.57. The van der Waals surface area contributed by atoms with Crippen LogP contribution in [0.4, 0.5) is 4.39 Å². The van der Waals surface area contributed by atoms with Crippen molar-refractivity contribution in [2.75, 3.05) is 0 Å². The third-order valence-corrected chi connectivity index (χ3v) is 9.85. The molecule has 1 N–H and O–H groups in total. The molecule has 3 nitrogen and oxygen atoms in total. The summed E-state index contributed by atoms with van der Waals surface area (Å²) in [6, 6.07) is 7.10. The summed E-state index contributed by atoms with van der Waals surface area (Å²) in [7, 11) is 0. The van der Waals surface area contributed by atoms with Crippen LogP contribution in [-0.2, 0) is 9.59 Å². The Kier molecular flexibility index (Phi) is 6.33. The van der Waals surface area contributed by atoms with E-state index in [1.54, 1.807) is 19.1 Å². The number of hydrogen-bond donors (Lipinski definition) is 1. The zero-order valence-electron chi connectivity index (χ0n) is 22.0. The largest absolute Gasteiger partial charge is 0.354 e. The third kappa shape index (κ3) is 4.57. The molecule has 8 atom stereocenters. The quantitative estimate of drug-likeness (QED) is 0.506. The van der Waals surface area contributed by atoms with Gasteiger partial charge in [0.25, 0.3) is 0 Å². The molecular formula is C33H37FNO2. The maximum Gasteiger partial charge on any atom is 0.217 e. The van der Waals surface area contributed by atoms with Gasteiger partial charge < -0.3 is 5.32 Å². The Morgan fingerprint density at radius 3 is 2.73 bits per heavy atom. The lowest BCUT2D eigenvalue weighted by Gasteiger charge is -2.52. The van der Waals surface area contributed by atoms with Crippen LogP contribution < -0.4 is 5.32 Å². The number of allylic oxidation sites excluding steroid dienone is 8. The molecule has 3 fully saturated rings. The SMILES string of the molecule is CC(=O)N[C@@H]1CC[C@@H]2[C@H](C1)C[C@@H]1C(=O)C3=C[C]3[C@@H](C)[C@@H]1[C@H]2/C=C/C1=CC=C(c2cccc(F)c2)C(C)C1. The zero-order chi connectivity index (χ0) is 25.8. The highest BCUT2D eigenvalue weighted by Crippen LogP contribution is 2.60. The molecule has 6 rings (SSSR count). The van der Waals surface area contributed by atoms with Crippen molar-refractivity contribution in [1.29, 1.82) is 0 Å². The lowest BCUT2D eigenvalue weighted by Crippen LogP contribution is -2.51. The van der Waals surface area contributed by atoms with Crippen LogP contribution in [-0.4, -0.2) is 17.7 Å². The van der Waals surface area contributed by atoms with E-state index in [2.05, 4.69) is 49.5 Å². The molecule has 1 aromatic rings. The van der Waals surface area contributed by atoms with Gasteiger partial charge in [-0.3, -0.25) is 9.59 Å². The van der Waals surface area contributed by atoms with Crippen molar-refractivity contribution in [2.24, 2.45) is 41.4 Å². The number of nitrogens with one attached hydrogen (secondary N) is 1. The smallest absolute Gasteiger partial charge is 0.217 e. The highest BCUT2D eigenvalue weighted by molar-refractivity contribution is 6.08. The zero-order valence-corrected chi connectivity index (χ0v) is 22.0. The van der Waals surface area contributed by atoms with Crippen LogP contribution in [0.25, 0.3) is 5.57 Å². The van der Waals surface area contributed by atoms with Gasteiger partial charge in [0.05, 0.1) is 0 Å². The Bertz CT molecular complexity index is 1240. The van der Waals surface area contributed by atoms with E-state index < -0.39 is 0 Å². The van der Waals surface area contributed by atoms with E-state index in [1.165, 1.54) is 23.1 Å². The van der Waals surface area contributed by atoms with Gasteiger partial charge in [-0.1, -0.05) is 56.4 Å². The van der Waals surface area contributed by atoms with Crippen LogP contribution in [0.3, 0.4) is 0 Å². The van der Waals surface area contributed by atoms with E-state index in [9.17, 15) is 14.0 Å². The fraction of sp³-hybridized carbons (Fsp3) is 0.485. The summed E-state index contributed by atoms with van der Waals surface area (Å²) in [5.41, 5.74) is 4.44.